The van der Waals surface area contributed by atoms with Crippen molar-refractivity contribution in [3.8, 4) is 11.5 Å². The molecule has 1 amide bonds. The molecule has 0 N–H and O–H groups in total. The van der Waals surface area contributed by atoms with Crippen LogP contribution in [0.1, 0.15) is 74.1 Å². The fourth-order valence-corrected chi connectivity index (χ4v) is 5.06. The van der Waals surface area contributed by atoms with Gasteiger partial charge in [0, 0.05) is 24.1 Å². The lowest BCUT2D eigenvalue weighted by molar-refractivity contribution is 0.0123. The van der Waals surface area contributed by atoms with E-state index in [9.17, 15) is 9.59 Å². The lowest BCUT2D eigenvalue weighted by atomic mass is 9.67. The van der Waals surface area contributed by atoms with Gasteiger partial charge < -0.3 is 18.9 Å². The first-order valence-electron chi connectivity index (χ1n) is 12.8. The van der Waals surface area contributed by atoms with Crippen LogP contribution in [0.4, 0.5) is 4.79 Å². The van der Waals surface area contributed by atoms with Crippen molar-refractivity contribution in [3.05, 3.63) is 71.5 Å². The summed E-state index contributed by atoms with van der Waals surface area (Å²) >= 11 is 0. The van der Waals surface area contributed by atoms with Crippen molar-refractivity contribution in [1.82, 2.24) is 15.0 Å². The van der Waals surface area contributed by atoms with E-state index >= 15 is 0 Å². The molecule has 1 unspecified atom stereocenters. The molecular formula is C29H33N3O5. The number of hydrogen-bond acceptors (Lipinski definition) is 7. The van der Waals surface area contributed by atoms with Crippen molar-refractivity contribution < 1.29 is 23.6 Å². The van der Waals surface area contributed by atoms with Crippen LogP contribution in [0.2, 0.25) is 0 Å². The van der Waals surface area contributed by atoms with Gasteiger partial charge in [0.1, 0.15) is 5.60 Å². The van der Waals surface area contributed by atoms with E-state index in [4.69, 9.17) is 19.0 Å². The Kier molecular flexibility index (Phi) is 6.52. The van der Waals surface area contributed by atoms with E-state index in [0.29, 0.717) is 29.4 Å². The van der Waals surface area contributed by atoms with Crippen molar-refractivity contribution in [2.45, 2.75) is 69.4 Å². The molecule has 0 spiro atoms. The van der Waals surface area contributed by atoms with Crippen LogP contribution in [0.25, 0.3) is 11.5 Å². The molecule has 2 aliphatic carbocycles. The van der Waals surface area contributed by atoms with E-state index in [0.717, 1.165) is 25.7 Å². The molecule has 194 valence electrons. The second-order valence-electron chi connectivity index (χ2n) is 11.1. The van der Waals surface area contributed by atoms with Crippen molar-refractivity contribution in [2.75, 3.05) is 13.7 Å². The number of benzene rings is 2. The molecule has 0 radical (unpaired) electrons. The summed E-state index contributed by atoms with van der Waals surface area (Å²) in [6.45, 7) is 6.13. The van der Waals surface area contributed by atoms with Gasteiger partial charge in [-0.3, -0.25) is 0 Å². The van der Waals surface area contributed by atoms with Crippen molar-refractivity contribution >= 4 is 12.1 Å². The van der Waals surface area contributed by atoms with Gasteiger partial charge in [-0.25, -0.2) is 9.59 Å². The number of aromatic nitrogens is 2. The van der Waals surface area contributed by atoms with Crippen LogP contribution in [-0.4, -0.2) is 52.4 Å². The highest BCUT2D eigenvalue weighted by Crippen LogP contribution is 2.49. The molecule has 0 saturated heterocycles. The highest BCUT2D eigenvalue weighted by Gasteiger charge is 2.52. The number of hydrogen-bond donors (Lipinski definition) is 0. The number of esters is 1. The zero-order valence-corrected chi connectivity index (χ0v) is 21.8. The van der Waals surface area contributed by atoms with Crippen LogP contribution in [0, 0.1) is 0 Å². The summed E-state index contributed by atoms with van der Waals surface area (Å²) in [6, 6.07) is 17.3. The topological polar surface area (TPSA) is 94.8 Å². The van der Waals surface area contributed by atoms with Crippen molar-refractivity contribution in [3.63, 3.8) is 0 Å². The maximum absolute atomic E-state index is 13.4. The van der Waals surface area contributed by atoms with Crippen LogP contribution in [0.3, 0.4) is 0 Å². The lowest BCUT2D eigenvalue weighted by Crippen LogP contribution is -2.50. The molecule has 1 heterocycles. The van der Waals surface area contributed by atoms with Crippen LogP contribution in [0.5, 0.6) is 0 Å². The first kappa shape index (κ1) is 25.0. The fraction of sp³-hybridized carbons (Fsp3) is 0.448. The summed E-state index contributed by atoms with van der Waals surface area (Å²) in [4.78, 5) is 32.0. The van der Waals surface area contributed by atoms with E-state index in [1.165, 1.54) is 12.7 Å². The van der Waals surface area contributed by atoms with Crippen LogP contribution < -0.4 is 0 Å². The van der Waals surface area contributed by atoms with E-state index in [2.05, 4.69) is 17.3 Å². The molecular weight excluding hydrogens is 470 g/mol. The highest BCUT2D eigenvalue weighted by molar-refractivity contribution is 5.90. The number of methoxy groups -OCH3 is 1. The van der Waals surface area contributed by atoms with Gasteiger partial charge in [0.05, 0.1) is 18.1 Å². The van der Waals surface area contributed by atoms with Gasteiger partial charge in [0.2, 0.25) is 0 Å². The third-order valence-corrected chi connectivity index (χ3v) is 7.23. The minimum atomic E-state index is -0.594. The summed E-state index contributed by atoms with van der Waals surface area (Å²) in [6.07, 6.45) is 3.33. The predicted octanol–water partition coefficient (Wildman–Crippen LogP) is 5.74. The Bertz CT molecular complexity index is 1280. The summed E-state index contributed by atoms with van der Waals surface area (Å²) in [5.74, 6) is 0.780. The predicted molar refractivity (Wildman–Crippen MR) is 137 cm³/mol. The maximum atomic E-state index is 13.4. The van der Waals surface area contributed by atoms with E-state index < -0.39 is 17.0 Å². The lowest BCUT2D eigenvalue weighted by Gasteiger charge is -2.43. The Labute approximate surface area is 217 Å². The van der Waals surface area contributed by atoms with Gasteiger partial charge in [-0.1, -0.05) is 48.0 Å². The summed E-state index contributed by atoms with van der Waals surface area (Å²) in [5.41, 5.74) is 1.29. The van der Waals surface area contributed by atoms with Crippen LogP contribution in [0.15, 0.2) is 59.1 Å². The maximum Gasteiger partial charge on any atom is 0.410 e. The average molecular weight is 504 g/mol. The van der Waals surface area contributed by atoms with Gasteiger partial charge in [0.25, 0.3) is 5.89 Å². The molecule has 1 aromatic heterocycles. The standard InChI is InChI=1S/C29H33N3O5/c1-28(2,3)36-27(34)32(23-17-22(23)19-10-6-5-7-11-19)18-29(14-9-15-29)26-30-24(37-31-26)20-12-8-13-21(16-20)25(33)35-4/h5-8,10-13,16,22-23H,9,14-15,17-18H2,1-4H3/t22?,23-/m0/s1. The molecule has 0 bridgehead atoms. The zero-order chi connectivity index (χ0) is 26.2. The number of carbonyl (C=O) groups is 2. The van der Waals surface area contributed by atoms with Crippen molar-refractivity contribution in [1.29, 1.82) is 0 Å². The second-order valence-corrected chi connectivity index (χ2v) is 11.1. The fourth-order valence-electron chi connectivity index (χ4n) is 5.06. The largest absolute Gasteiger partial charge is 0.465 e. The SMILES string of the molecule is COC(=O)c1cccc(-c2nc(C3(CN(C(=O)OC(C)(C)C)[C@H]4CC4c4ccccc4)CCC3)no2)c1. The van der Waals surface area contributed by atoms with Crippen LogP contribution >= 0.6 is 0 Å². The molecule has 2 atom stereocenters. The quantitative estimate of drug-likeness (QED) is 0.380. The smallest absolute Gasteiger partial charge is 0.410 e. The Hall–Kier alpha value is -3.68. The molecule has 5 rings (SSSR count). The molecule has 2 aromatic carbocycles. The molecule has 2 aliphatic rings. The highest BCUT2D eigenvalue weighted by atomic mass is 16.6. The Morgan fingerprint density at radius 1 is 1.11 bits per heavy atom. The minimum Gasteiger partial charge on any atom is -0.465 e. The average Bonchev–Trinajstić information content (AvgIpc) is 3.49. The van der Waals surface area contributed by atoms with E-state index in [-0.39, 0.29) is 18.1 Å². The first-order valence-corrected chi connectivity index (χ1v) is 12.8. The summed E-state index contributed by atoms with van der Waals surface area (Å²) < 4.78 is 16.3. The third-order valence-electron chi connectivity index (χ3n) is 7.23. The Morgan fingerprint density at radius 3 is 2.51 bits per heavy atom. The number of rotatable bonds is 7. The van der Waals surface area contributed by atoms with Gasteiger partial charge in [-0.15, -0.1) is 0 Å². The number of amides is 1. The van der Waals surface area contributed by atoms with Gasteiger partial charge in [-0.05, 0) is 63.8 Å². The van der Waals surface area contributed by atoms with E-state index in [1.54, 1.807) is 18.2 Å². The van der Waals surface area contributed by atoms with E-state index in [1.807, 2.05) is 49.9 Å². The molecule has 2 saturated carbocycles. The molecule has 3 aromatic rings. The summed E-state index contributed by atoms with van der Waals surface area (Å²) in [5, 5.41) is 4.34. The van der Waals surface area contributed by atoms with Gasteiger partial charge in [0.15, 0.2) is 5.82 Å². The summed E-state index contributed by atoms with van der Waals surface area (Å²) in [7, 11) is 1.35. The zero-order valence-electron chi connectivity index (χ0n) is 21.8. The Morgan fingerprint density at radius 2 is 1.86 bits per heavy atom. The first-order chi connectivity index (χ1) is 17.7. The third kappa shape index (κ3) is 5.24. The Balaban J connectivity index is 1.41. The normalized spacial score (nSPS) is 20.0. The monoisotopic (exact) mass is 503 g/mol. The molecule has 2 fully saturated rings. The molecule has 37 heavy (non-hydrogen) atoms. The molecule has 8 nitrogen and oxygen atoms in total. The number of nitrogens with zero attached hydrogens (tertiary/aromatic N) is 3. The molecule has 0 aliphatic heterocycles. The van der Waals surface area contributed by atoms with Crippen LogP contribution in [-0.2, 0) is 14.9 Å². The van der Waals surface area contributed by atoms with Crippen molar-refractivity contribution in [2.24, 2.45) is 0 Å². The number of ether oxygens (including phenoxy) is 2. The minimum absolute atomic E-state index is 0.0674. The molecule has 8 heteroatoms. The second kappa shape index (κ2) is 9.65. The number of carbonyl (C=O) groups excluding carboxylic acids is 2. The van der Waals surface area contributed by atoms with Gasteiger partial charge in [-0.2, -0.15) is 4.98 Å². The van der Waals surface area contributed by atoms with Gasteiger partial charge >= 0.3 is 12.1 Å².